The molecule has 5 heteroatoms. The summed E-state index contributed by atoms with van der Waals surface area (Å²) in [5.41, 5.74) is 0. The first-order valence-corrected chi connectivity index (χ1v) is 7.03. The topological polar surface area (TPSA) is 36.7 Å². The predicted molar refractivity (Wildman–Crippen MR) is 74.3 cm³/mol. The first-order valence-electron chi connectivity index (χ1n) is 6.39. The van der Waals surface area contributed by atoms with Crippen LogP contribution >= 0.6 is 12.6 Å². The van der Waals surface area contributed by atoms with Crippen molar-refractivity contribution in [2.24, 2.45) is 0 Å². The number of hydrogen-bond donors (Lipinski definition) is 1. The Morgan fingerprint density at radius 1 is 1.33 bits per heavy atom. The van der Waals surface area contributed by atoms with E-state index in [-0.39, 0.29) is 5.91 Å². The van der Waals surface area contributed by atoms with Crippen LogP contribution in [-0.2, 0) is 0 Å². The molecular formula is C13H20N2O2S. The highest BCUT2D eigenvalue weighted by Gasteiger charge is 2.23. The van der Waals surface area contributed by atoms with Crippen LogP contribution in [0.15, 0.2) is 16.5 Å². The lowest BCUT2D eigenvalue weighted by Crippen LogP contribution is -2.48. The zero-order valence-corrected chi connectivity index (χ0v) is 11.7. The van der Waals surface area contributed by atoms with Crippen LogP contribution in [0.1, 0.15) is 22.7 Å². The number of carbonyl (C=O) groups excluding carboxylic acids is 1. The fourth-order valence-electron chi connectivity index (χ4n) is 2.17. The van der Waals surface area contributed by atoms with E-state index in [1.807, 2.05) is 17.9 Å². The molecule has 0 atom stereocenters. The summed E-state index contributed by atoms with van der Waals surface area (Å²) >= 11 is 4.22. The van der Waals surface area contributed by atoms with Crippen molar-refractivity contribution in [3.05, 3.63) is 23.7 Å². The molecular weight excluding hydrogens is 248 g/mol. The maximum atomic E-state index is 12.1. The molecule has 1 aliphatic rings. The van der Waals surface area contributed by atoms with Gasteiger partial charge in [0.25, 0.3) is 5.91 Å². The normalized spacial score (nSPS) is 17.1. The number of thiol groups is 1. The largest absolute Gasteiger partial charge is 0.456 e. The summed E-state index contributed by atoms with van der Waals surface area (Å²) in [7, 11) is 0. The minimum absolute atomic E-state index is 0.0111. The third kappa shape index (κ3) is 3.29. The summed E-state index contributed by atoms with van der Waals surface area (Å²) in [6.07, 6.45) is 1.11. The summed E-state index contributed by atoms with van der Waals surface area (Å²) in [4.78, 5) is 16.4. The zero-order valence-electron chi connectivity index (χ0n) is 10.8. The predicted octanol–water partition coefficient (Wildman–Crippen LogP) is 1.67. The first-order chi connectivity index (χ1) is 8.70. The van der Waals surface area contributed by atoms with Gasteiger partial charge in [-0.2, -0.15) is 12.6 Å². The molecule has 0 spiro atoms. The molecule has 2 heterocycles. The lowest BCUT2D eigenvalue weighted by atomic mass is 10.2. The SMILES string of the molecule is Cc1ccc(C(=O)N2CCN(CCCS)CC2)o1. The van der Waals surface area contributed by atoms with E-state index in [1.165, 1.54) is 0 Å². The molecule has 1 aliphatic heterocycles. The quantitative estimate of drug-likeness (QED) is 0.844. The summed E-state index contributed by atoms with van der Waals surface area (Å²) < 4.78 is 5.38. The van der Waals surface area contributed by atoms with Crippen molar-refractivity contribution >= 4 is 18.5 Å². The molecule has 0 unspecified atom stereocenters. The minimum atomic E-state index is 0.0111. The molecule has 100 valence electrons. The number of carbonyl (C=O) groups is 1. The third-order valence-electron chi connectivity index (χ3n) is 3.24. The Kier molecular flexibility index (Phi) is 4.72. The fourth-order valence-corrected chi connectivity index (χ4v) is 2.32. The number of hydrogen-bond acceptors (Lipinski definition) is 4. The molecule has 1 aromatic rings. The summed E-state index contributed by atoms with van der Waals surface area (Å²) in [5, 5.41) is 0. The van der Waals surface area contributed by atoms with Gasteiger partial charge in [0, 0.05) is 26.2 Å². The maximum Gasteiger partial charge on any atom is 0.289 e. The molecule has 1 fully saturated rings. The number of rotatable bonds is 4. The average molecular weight is 268 g/mol. The Morgan fingerprint density at radius 2 is 2.06 bits per heavy atom. The van der Waals surface area contributed by atoms with Gasteiger partial charge in [-0.05, 0) is 37.8 Å². The van der Waals surface area contributed by atoms with E-state index >= 15 is 0 Å². The van der Waals surface area contributed by atoms with Crippen molar-refractivity contribution in [2.75, 3.05) is 38.5 Å². The van der Waals surface area contributed by atoms with Gasteiger partial charge in [-0.15, -0.1) is 0 Å². The van der Waals surface area contributed by atoms with Crippen molar-refractivity contribution in [1.82, 2.24) is 9.80 Å². The first kappa shape index (κ1) is 13.5. The second-order valence-electron chi connectivity index (χ2n) is 4.62. The van der Waals surface area contributed by atoms with Crippen molar-refractivity contribution in [2.45, 2.75) is 13.3 Å². The highest BCUT2D eigenvalue weighted by molar-refractivity contribution is 7.80. The molecule has 1 aromatic heterocycles. The van der Waals surface area contributed by atoms with Crippen LogP contribution in [0.4, 0.5) is 0 Å². The van der Waals surface area contributed by atoms with Crippen molar-refractivity contribution in [1.29, 1.82) is 0 Å². The van der Waals surface area contributed by atoms with Gasteiger partial charge in [-0.1, -0.05) is 0 Å². The second kappa shape index (κ2) is 6.29. The number of furan rings is 1. The monoisotopic (exact) mass is 268 g/mol. The molecule has 0 aliphatic carbocycles. The van der Waals surface area contributed by atoms with Gasteiger partial charge in [-0.25, -0.2) is 0 Å². The van der Waals surface area contributed by atoms with Crippen LogP contribution in [0.3, 0.4) is 0 Å². The van der Waals surface area contributed by atoms with Crippen molar-refractivity contribution < 1.29 is 9.21 Å². The van der Waals surface area contributed by atoms with Gasteiger partial charge in [0.1, 0.15) is 5.76 Å². The van der Waals surface area contributed by atoms with Gasteiger partial charge in [-0.3, -0.25) is 9.69 Å². The molecule has 0 aromatic carbocycles. The Hall–Kier alpha value is -0.940. The van der Waals surface area contributed by atoms with Crippen LogP contribution in [0.5, 0.6) is 0 Å². The van der Waals surface area contributed by atoms with Crippen LogP contribution in [0.2, 0.25) is 0 Å². The maximum absolute atomic E-state index is 12.1. The molecule has 1 amide bonds. The van der Waals surface area contributed by atoms with Crippen molar-refractivity contribution in [3.8, 4) is 0 Å². The van der Waals surface area contributed by atoms with E-state index in [2.05, 4.69) is 17.5 Å². The van der Waals surface area contributed by atoms with Gasteiger partial charge in [0.15, 0.2) is 5.76 Å². The number of nitrogens with zero attached hydrogens (tertiary/aromatic N) is 2. The van der Waals surface area contributed by atoms with Crippen LogP contribution in [0.25, 0.3) is 0 Å². The molecule has 0 saturated carbocycles. The number of aryl methyl sites for hydroxylation is 1. The Bertz CT molecular complexity index is 397. The molecule has 0 bridgehead atoms. The third-order valence-corrected chi connectivity index (χ3v) is 3.56. The Labute approximate surface area is 113 Å². The van der Waals surface area contributed by atoms with Gasteiger partial charge in [0.2, 0.25) is 0 Å². The average Bonchev–Trinajstić information content (AvgIpc) is 2.83. The van der Waals surface area contributed by atoms with E-state index in [1.54, 1.807) is 6.07 Å². The van der Waals surface area contributed by atoms with Gasteiger partial charge < -0.3 is 9.32 Å². The van der Waals surface area contributed by atoms with E-state index in [0.29, 0.717) is 5.76 Å². The van der Waals surface area contributed by atoms with Crippen molar-refractivity contribution in [3.63, 3.8) is 0 Å². The highest BCUT2D eigenvalue weighted by Crippen LogP contribution is 2.12. The minimum Gasteiger partial charge on any atom is -0.456 e. The standard InChI is InChI=1S/C13H20N2O2S/c1-11-3-4-12(17-11)13(16)15-8-6-14(7-9-15)5-2-10-18/h3-4,18H,2,5-10H2,1H3. The number of piperazine rings is 1. The Balaban J connectivity index is 1.84. The lowest BCUT2D eigenvalue weighted by Gasteiger charge is -2.34. The molecule has 4 nitrogen and oxygen atoms in total. The van der Waals surface area contributed by atoms with Gasteiger partial charge >= 0.3 is 0 Å². The van der Waals surface area contributed by atoms with E-state index in [4.69, 9.17) is 4.42 Å². The van der Waals surface area contributed by atoms with E-state index in [0.717, 1.165) is 50.7 Å². The Morgan fingerprint density at radius 3 is 2.61 bits per heavy atom. The smallest absolute Gasteiger partial charge is 0.289 e. The highest BCUT2D eigenvalue weighted by atomic mass is 32.1. The van der Waals surface area contributed by atoms with E-state index in [9.17, 15) is 4.79 Å². The van der Waals surface area contributed by atoms with Crippen LogP contribution in [0, 0.1) is 6.92 Å². The molecule has 18 heavy (non-hydrogen) atoms. The van der Waals surface area contributed by atoms with Gasteiger partial charge in [0.05, 0.1) is 0 Å². The zero-order chi connectivity index (χ0) is 13.0. The summed E-state index contributed by atoms with van der Waals surface area (Å²) in [5.74, 6) is 2.17. The van der Waals surface area contributed by atoms with Crippen LogP contribution in [-0.4, -0.2) is 54.2 Å². The summed E-state index contributed by atoms with van der Waals surface area (Å²) in [6.45, 7) is 6.38. The fraction of sp³-hybridized carbons (Fsp3) is 0.615. The molecule has 1 saturated heterocycles. The molecule has 0 N–H and O–H groups in total. The summed E-state index contributed by atoms with van der Waals surface area (Å²) in [6, 6.07) is 3.58. The van der Waals surface area contributed by atoms with Crippen LogP contribution < -0.4 is 0 Å². The molecule has 2 rings (SSSR count). The second-order valence-corrected chi connectivity index (χ2v) is 5.07. The van der Waals surface area contributed by atoms with E-state index < -0.39 is 0 Å². The number of amides is 1. The lowest BCUT2D eigenvalue weighted by molar-refractivity contribution is 0.0605. The molecule has 0 radical (unpaired) electrons.